The van der Waals surface area contributed by atoms with Crippen LogP contribution in [-0.2, 0) is 14.3 Å². The van der Waals surface area contributed by atoms with Crippen LogP contribution in [0.4, 0.5) is 0 Å². The summed E-state index contributed by atoms with van der Waals surface area (Å²) in [5, 5.41) is 0. The monoisotopic (exact) mass is 212 g/mol. The Morgan fingerprint density at radius 2 is 2.27 bits per heavy atom. The zero-order valence-corrected chi connectivity index (χ0v) is 9.79. The summed E-state index contributed by atoms with van der Waals surface area (Å²) in [7, 11) is 1.39. The summed E-state index contributed by atoms with van der Waals surface area (Å²) in [5.41, 5.74) is -0.182. The van der Waals surface area contributed by atoms with E-state index < -0.39 is 0 Å². The first kappa shape index (κ1) is 12.2. The van der Waals surface area contributed by atoms with Gasteiger partial charge in [-0.15, -0.1) is 0 Å². The molecule has 1 heterocycles. The van der Waals surface area contributed by atoms with E-state index >= 15 is 0 Å². The Hall–Kier alpha value is -0.830. The van der Waals surface area contributed by atoms with Gasteiger partial charge in [0.2, 0.25) is 0 Å². The second-order valence-corrected chi connectivity index (χ2v) is 3.93. The van der Waals surface area contributed by atoms with E-state index in [0.717, 1.165) is 25.7 Å². The molecule has 0 spiro atoms. The van der Waals surface area contributed by atoms with Crippen molar-refractivity contribution in [2.45, 2.75) is 51.2 Å². The molecule has 1 fully saturated rings. The third-order valence-corrected chi connectivity index (χ3v) is 2.84. The predicted octanol–water partition coefficient (Wildman–Crippen LogP) is 2.45. The molecule has 0 N–H and O–H groups in total. The van der Waals surface area contributed by atoms with Crippen molar-refractivity contribution in [3.8, 4) is 0 Å². The lowest BCUT2D eigenvalue weighted by Crippen LogP contribution is -2.12. The largest absolute Gasteiger partial charge is 0.466 e. The molecule has 0 aromatic heterocycles. The molecule has 0 aliphatic carbocycles. The van der Waals surface area contributed by atoms with E-state index in [0.29, 0.717) is 0 Å². The van der Waals surface area contributed by atoms with Crippen molar-refractivity contribution in [2.24, 2.45) is 0 Å². The number of hydrogen-bond acceptors (Lipinski definition) is 3. The molecule has 1 aliphatic rings. The molecule has 15 heavy (non-hydrogen) atoms. The quantitative estimate of drug-likeness (QED) is 0.385. The average molecular weight is 212 g/mol. The van der Waals surface area contributed by atoms with Crippen molar-refractivity contribution >= 4 is 5.97 Å². The van der Waals surface area contributed by atoms with E-state index in [1.807, 2.05) is 6.08 Å². The highest BCUT2D eigenvalue weighted by molar-refractivity contribution is 5.82. The molecular formula is C12H20O3. The van der Waals surface area contributed by atoms with Gasteiger partial charge in [-0.3, -0.25) is 0 Å². The Morgan fingerprint density at radius 3 is 2.73 bits per heavy atom. The molecule has 0 saturated carbocycles. The maximum atomic E-state index is 11.0. The van der Waals surface area contributed by atoms with Gasteiger partial charge in [0.1, 0.15) is 5.60 Å². The molecule has 0 amide bonds. The van der Waals surface area contributed by atoms with Gasteiger partial charge in [0.15, 0.2) is 0 Å². The molecule has 0 aromatic carbocycles. The molecular weight excluding hydrogens is 192 g/mol. The number of rotatable bonds is 6. The summed E-state index contributed by atoms with van der Waals surface area (Å²) in [6.07, 6.45) is 7.89. The van der Waals surface area contributed by atoms with Gasteiger partial charge in [-0.25, -0.2) is 4.79 Å². The van der Waals surface area contributed by atoms with Gasteiger partial charge in [-0.05, 0) is 18.9 Å². The summed E-state index contributed by atoms with van der Waals surface area (Å²) in [4.78, 5) is 11.0. The summed E-state index contributed by atoms with van der Waals surface area (Å²) in [5.74, 6) is -0.309. The van der Waals surface area contributed by atoms with Crippen molar-refractivity contribution in [3.05, 3.63) is 12.2 Å². The number of epoxide rings is 1. The fourth-order valence-electron chi connectivity index (χ4n) is 1.84. The third-order valence-electron chi connectivity index (χ3n) is 2.84. The van der Waals surface area contributed by atoms with Crippen molar-refractivity contribution in [1.82, 2.24) is 0 Å². The molecule has 2 atom stereocenters. The van der Waals surface area contributed by atoms with Gasteiger partial charge in [0.25, 0.3) is 0 Å². The summed E-state index contributed by atoms with van der Waals surface area (Å²) < 4.78 is 10.2. The van der Waals surface area contributed by atoms with Gasteiger partial charge in [-0.2, -0.15) is 0 Å². The molecule has 0 unspecified atom stereocenters. The fourth-order valence-corrected chi connectivity index (χ4v) is 1.84. The second kappa shape index (κ2) is 5.31. The van der Waals surface area contributed by atoms with Crippen LogP contribution in [0.5, 0.6) is 0 Å². The van der Waals surface area contributed by atoms with E-state index in [4.69, 9.17) is 4.74 Å². The van der Waals surface area contributed by atoms with Crippen LogP contribution in [0.25, 0.3) is 0 Å². The number of hydrogen-bond donors (Lipinski definition) is 0. The zero-order valence-electron chi connectivity index (χ0n) is 9.79. The van der Waals surface area contributed by atoms with Gasteiger partial charge in [0, 0.05) is 6.08 Å². The zero-order chi connectivity index (χ0) is 11.3. The number of carbonyl (C=O) groups is 1. The van der Waals surface area contributed by atoms with Crippen molar-refractivity contribution < 1.29 is 14.3 Å². The first-order valence-corrected chi connectivity index (χ1v) is 5.63. The Bertz CT molecular complexity index is 247. The van der Waals surface area contributed by atoms with Crippen LogP contribution in [0, 0.1) is 0 Å². The van der Waals surface area contributed by atoms with E-state index in [9.17, 15) is 4.79 Å². The van der Waals surface area contributed by atoms with Crippen LogP contribution >= 0.6 is 0 Å². The normalized spacial score (nSPS) is 29.4. The lowest BCUT2D eigenvalue weighted by Gasteiger charge is -2.06. The van der Waals surface area contributed by atoms with Crippen molar-refractivity contribution in [2.75, 3.05) is 7.11 Å². The van der Waals surface area contributed by atoms with Crippen LogP contribution in [0.1, 0.15) is 39.5 Å². The number of carbonyl (C=O) groups excluding carboxylic acids is 1. The van der Waals surface area contributed by atoms with Crippen LogP contribution in [0.2, 0.25) is 0 Å². The Morgan fingerprint density at radius 1 is 1.53 bits per heavy atom. The van der Waals surface area contributed by atoms with Crippen molar-refractivity contribution in [3.63, 3.8) is 0 Å². The Kier molecular flexibility index (Phi) is 4.33. The molecule has 86 valence electrons. The van der Waals surface area contributed by atoms with Gasteiger partial charge in [0.05, 0.1) is 13.2 Å². The van der Waals surface area contributed by atoms with Gasteiger partial charge >= 0.3 is 5.97 Å². The van der Waals surface area contributed by atoms with E-state index in [1.54, 1.807) is 0 Å². The first-order valence-electron chi connectivity index (χ1n) is 5.63. The predicted molar refractivity (Wildman–Crippen MR) is 58.6 cm³/mol. The lowest BCUT2D eigenvalue weighted by atomic mass is 9.96. The van der Waals surface area contributed by atoms with Gasteiger partial charge in [-0.1, -0.05) is 26.7 Å². The van der Waals surface area contributed by atoms with E-state index in [-0.39, 0.29) is 17.7 Å². The van der Waals surface area contributed by atoms with Crippen LogP contribution in [0.15, 0.2) is 12.2 Å². The van der Waals surface area contributed by atoms with Crippen LogP contribution in [0.3, 0.4) is 0 Å². The van der Waals surface area contributed by atoms with Gasteiger partial charge < -0.3 is 9.47 Å². The standard InChI is InChI=1S/C12H20O3/c1-4-6-8-12(10(5-2)15-12)9-7-11(13)14-3/h7,9-10H,4-6,8H2,1-3H3/b9-7-/t10-,12-/m1/s1. The smallest absolute Gasteiger partial charge is 0.330 e. The highest BCUT2D eigenvalue weighted by atomic mass is 16.6. The minimum absolute atomic E-state index is 0.182. The number of unbranched alkanes of at least 4 members (excludes halogenated alkanes) is 1. The van der Waals surface area contributed by atoms with E-state index in [2.05, 4.69) is 18.6 Å². The first-order chi connectivity index (χ1) is 7.18. The number of methoxy groups -OCH3 is 1. The number of esters is 1. The highest BCUT2D eigenvalue weighted by Crippen LogP contribution is 2.44. The minimum atomic E-state index is -0.309. The SMILES string of the molecule is CCCC[C@]1(/C=C\C(=O)OC)O[C@@H]1CC. The minimum Gasteiger partial charge on any atom is -0.466 e. The molecule has 0 radical (unpaired) electrons. The molecule has 0 bridgehead atoms. The maximum absolute atomic E-state index is 11.0. The highest BCUT2D eigenvalue weighted by Gasteiger charge is 2.52. The fraction of sp³-hybridized carbons (Fsp3) is 0.750. The summed E-state index contributed by atoms with van der Waals surface area (Å²) in [6, 6.07) is 0. The molecule has 1 aliphatic heterocycles. The maximum Gasteiger partial charge on any atom is 0.330 e. The molecule has 3 nitrogen and oxygen atoms in total. The lowest BCUT2D eigenvalue weighted by molar-refractivity contribution is -0.134. The Labute approximate surface area is 91.4 Å². The van der Waals surface area contributed by atoms with E-state index in [1.165, 1.54) is 13.2 Å². The summed E-state index contributed by atoms with van der Waals surface area (Å²) >= 11 is 0. The molecule has 1 rings (SSSR count). The third kappa shape index (κ3) is 3.06. The van der Waals surface area contributed by atoms with Crippen molar-refractivity contribution in [1.29, 1.82) is 0 Å². The average Bonchev–Trinajstić information content (AvgIpc) is 2.97. The second-order valence-electron chi connectivity index (χ2n) is 3.93. The molecule has 0 aromatic rings. The summed E-state index contributed by atoms with van der Waals surface area (Å²) in [6.45, 7) is 4.26. The topological polar surface area (TPSA) is 38.8 Å². The Balaban J connectivity index is 2.52. The molecule has 3 heteroatoms. The molecule has 1 saturated heterocycles. The van der Waals surface area contributed by atoms with Crippen LogP contribution in [-0.4, -0.2) is 24.8 Å². The number of ether oxygens (including phenoxy) is 2. The van der Waals surface area contributed by atoms with Crippen LogP contribution < -0.4 is 0 Å².